The van der Waals surface area contributed by atoms with Gasteiger partial charge in [0.15, 0.2) is 11.6 Å². The number of aromatic nitrogens is 1. The number of hydrogen-bond donors (Lipinski definition) is 1. The summed E-state index contributed by atoms with van der Waals surface area (Å²) in [4.78, 5) is 32.8. The maximum Gasteiger partial charge on any atom is 0.252 e. The summed E-state index contributed by atoms with van der Waals surface area (Å²) in [5.74, 6) is -1.13. The monoisotopic (exact) mass is 430 g/mol. The summed E-state index contributed by atoms with van der Waals surface area (Å²) in [6.07, 6.45) is 4.18. The molecule has 2 amide bonds. The second kappa shape index (κ2) is 10.8. The van der Waals surface area contributed by atoms with E-state index in [0.29, 0.717) is 50.3 Å². The maximum absolute atomic E-state index is 13.3. The van der Waals surface area contributed by atoms with Crippen LogP contribution in [0, 0.1) is 11.6 Å². The Hall–Kier alpha value is -3.03. The van der Waals surface area contributed by atoms with Gasteiger partial charge < -0.3 is 15.1 Å². The zero-order valence-corrected chi connectivity index (χ0v) is 17.7. The molecule has 0 atom stereocenters. The van der Waals surface area contributed by atoms with Gasteiger partial charge in [-0.15, -0.1) is 0 Å². The van der Waals surface area contributed by atoms with Crippen molar-refractivity contribution in [2.45, 2.75) is 32.6 Å². The SMILES string of the molecule is CCCCNC(=O)c1ccc(N2CCN(C(=O)CCc3ccc(F)c(F)c3)CC2)nc1. The minimum atomic E-state index is -0.893. The molecule has 0 spiro atoms. The number of carbonyl (C=O) groups is 2. The number of nitrogens with one attached hydrogen (secondary N) is 1. The van der Waals surface area contributed by atoms with Crippen LogP contribution in [-0.2, 0) is 11.2 Å². The lowest BCUT2D eigenvalue weighted by Crippen LogP contribution is -2.49. The fourth-order valence-electron chi connectivity index (χ4n) is 3.48. The Labute approximate surface area is 181 Å². The van der Waals surface area contributed by atoms with Crippen molar-refractivity contribution in [2.75, 3.05) is 37.6 Å². The molecule has 1 N–H and O–H groups in total. The van der Waals surface area contributed by atoms with E-state index < -0.39 is 11.6 Å². The summed E-state index contributed by atoms with van der Waals surface area (Å²) >= 11 is 0. The standard InChI is InChI=1S/C23H28F2N4O2/c1-2-3-10-26-23(31)18-6-8-21(27-16-18)28-11-13-29(14-12-28)22(30)9-5-17-4-7-19(24)20(25)15-17/h4,6-8,15-16H,2-3,5,9-14H2,1H3,(H,26,31). The number of unbranched alkanes of at least 4 members (excludes halogenated alkanes) is 1. The highest BCUT2D eigenvalue weighted by atomic mass is 19.2. The van der Waals surface area contributed by atoms with Crippen LogP contribution in [0.1, 0.15) is 42.1 Å². The van der Waals surface area contributed by atoms with Gasteiger partial charge in [-0.2, -0.15) is 0 Å². The molecule has 8 heteroatoms. The van der Waals surface area contributed by atoms with E-state index in [9.17, 15) is 18.4 Å². The molecule has 0 bridgehead atoms. The van der Waals surface area contributed by atoms with Gasteiger partial charge in [0.05, 0.1) is 5.56 Å². The predicted octanol–water partition coefficient (Wildman–Crippen LogP) is 3.17. The van der Waals surface area contributed by atoms with Crippen molar-refractivity contribution >= 4 is 17.6 Å². The molecular formula is C23H28F2N4O2. The summed E-state index contributed by atoms with van der Waals surface area (Å²) in [5, 5.41) is 2.87. The van der Waals surface area contributed by atoms with Gasteiger partial charge in [-0.3, -0.25) is 9.59 Å². The van der Waals surface area contributed by atoms with Gasteiger partial charge in [0.25, 0.3) is 5.91 Å². The van der Waals surface area contributed by atoms with Crippen LogP contribution in [-0.4, -0.2) is 54.4 Å². The second-order valence-electron chi connectivity index (χ2n) is 7.63. The number of piperazine rings is 1. The fraction of sp³-hybridized carbons (Fsp3) is 0.435. The van der Waals surface area contributed by atoms with E-state index in [2.05, 4.69) is 22.1 Å². The third-order valence-electron chi connectivity index (χ3n) is 5.39. The van der Waals surface area contributed by atoms with Gasteiger partial charge in [0.1, 0.15) is 5.82 Å². The molecule has 1 aromatic carbocycles. The highest BCUT2D eigenvalue weighted by Crippen LogP contribution is 2.16. The average molecular weight is 430 g/mol. The van der Waals surface area contributed by atoms with Gasteiger partial charge in [-0.25, -0.2) is 13.8 Å². The fourth-order valence-corrected chi connectivity index (χ4v) is 3.48. The van der Waals surface area contributed by atoms with Crippen molar-refractivity contribution < 1.29 is 18.4 Å². The van der Waals surface area contributed by atoms with Crippen LogP contribution >= 0.6 is 0 Å². The quantitative estimate of drug-likeness (QED) is 0.654. The molecule has 2 heterocycles. The molecule has 0 unspecified atom stereocenters. The lowest BCUT2D eigenvalue weighted by molar-refractivity contribution is -0.131. The van der Waals surface area contributed by atoms with E-state index in [1.807, 2.05) is 6.07 Å². The van der Waals surface area contributed by atoms with E-state index in [4.69, 9.17) is 0 Å². The molecule has 2 aromatic rings. The first-order valence-electron chi connectivity index (χ1n) is 10.7. The number of nitrogens with zero attached hydrogens (tertiary/aromatic N) is 3. The number of hydrogen-bond acceptors (Lipinski definition) is 4. The van der Waals surface area contributed by atoms with Gasteiger partial charge in [0.2, 0.25) is 5.91 Å². The number of amides is 2. The number of rotatable bonds is 8. The number of aryl methyl sites for hydroxylation is 1. The van der Waals surface area contributed by atoms with Crippen molar-refractivity contribution in [2.24, 2.45) is 0 Å². The number of carbonyl (C=O) groups excluding carboxylic acids is 2. The summed E-state index contributed by atoms with van der Waals surface area (Å²) in [7, 11) is 0. The van der Waals surface area contributed by atoms with Crippen LogP contribution in [0.2, 0.25) is 0 Å². The van der Waals surface area contributed by atoms with Crippen molar-refractivity contribution in [1.29, 1.82) is 0 Å². The third-order valence-corrected chi connectivity index (χ3v) is 5.39. The third kappa shape index (κ3) is 6.23. The van der Waals surface area contributed by atoms with E-state index in [1.54, 1.807) is 17.2 Å². The minimum Gasteiger partial charge on any atom is -0.353 e. The van der Waals surface area contributed by atoms with E-state index in [-0.39, 0.29) is 18.2 Å². The number of pyridine rings is 1. The Balaban J connectivity index is 1.45. The van der Waals surface area contributed by atoms with Crippen LogP contribution < -0.4 is 10.2 Å². The first-order valence-corrected chi connectivity index (χ1v) is 10.7. The zero-order valence-electron chi connectivity index (χ0n) is 17.7. The first-order chi connectivity index (χ1) is 15.0. The molecule has 3 rings (SSSR count). The topological polar surface area (TPSA) is 65.5 Å². The predicted molar refractivity (Wildman–Crippen MR) is 115 cm³/mol. The molecule has 0 saturated carbocycles. The van der Waals surface area contributed by atoms with Crippen LogP contribution in [0.25, 0.3) is 0 Å². The van der Waals surface area contributed by atoms with Crippen LogP contribution in [0.5, 0.6) is 0 Å². The van der Waals surface area contributed by atoms with E-state index in [0.717, 1.165) is 30.8 Å². The Kier molecular flexibility index (Phi) is 7.92. The van der Waals surface area contributed by atoms with Gasteiger partial charge >= 0.3 is 0 Å². The highest BCUT2D eigenvalue weighted by molar-refractivity contribution is 5.94. The molecular weight excluding hydrogens is 402 g/mol. The lowest BCUT2D eigenvalue weighted by Gasteiger charge is -2.35. The van der Waals surface area contributed by atoms with E-state index >= 15 is 0 Å². The Morgan fingerprint density at radius 3 is 2.48 bits per heavy atom. The van der Waals surface area contributed by atoms with Crippen molar-refractivity contribution in [3.05, 3.63) is 59.3 Å². The van der Waals surface area contributed by atoms with Crippen molar-refractivity contribution in [3.63, 3.8) is 0 Å². The Morgan fingerprint density at radius 2 is 1.84 bits per heavy atom. The Bertz CT molecular complexity index is 897. The van der Waals surface area contributed by atoms with Gasteiger partial charge in [0, 0.05) is 45.3 Å². The maximum atomic E-state index is 13.3. The smallest absolute Gasteiger partial charge is 0.252 e. The number of anilines is 1. The molecule has 0 radical (unpaired) electrons. The summed E-state index contributed by atoms with van der Waals surface area (Å²) in [6, 6.07) is 7.32. The molecule has 1 fully saturated rings. The summed E-state index contributed by atoms with van der Waals surface area (Å²) in [6.45, 7) is 5.15. The molecule has 1 saturated heterocycles. The largest absolute Gasteiger partial charge is 0.353 e. The zero-order chi connectivity index (χ0) is 22.2. The van der Waals surface area contributed by atoms with Gasteiger partial charge in [-0.1, -0.05) is 19.4 Å². The number of halogens is 2. The van der Waals surface area contributed by atoms with Crippen LogP contribution in [0.15, 0.2) is 36.5 Å². The molecule has 31 heavy (non-hydrogen) atoms. The molecule has 1 aliphatic rings. The lowest BCUT2D eigenvalue weighted by atomic mass is 10.1. The average Bonchev–Trinajstić information content (AvgIpc) is 2.80. The molecule has 1 aromatic heterocycles. The molecule has 6 nitrogen and oxygen atoms in total. The van der Waals surface area contributed by atoms with Gasteiger partial charge in [-0.05, 0) is 42.7 Å². The second-order valence-corrected chi connectivity index (χ2v) is 7.63. The van der Waals surface area contributed by atoms with Crippen LogP contribution in [0.3, 0.4) is 0 Å². The highest BCUT2D eigenvalue weighted by Gasteiger charge is 2.22. The minimum absolute atomic E-state index is 0.00330. The van der Waals surface area contributed by atoms with E-state index in [1.165, 1.54) is 6.07 Å². The molecule has 1 aliphatic heterocycles. The normalized spacial score (nSPS) is 13.9. The Morgan fingerprint density at radius 1 is 1.06 bits per heavy atom. The van der Waals surface area contributed by atoms with Crippen molar-refractivity contribution in [3.8, 4) is 0 Å². The summed E-state index contributed by atoms with van der Waals surface area (Å²) in [5.41, 5.74) is 1.14. The first kappa shape index (κ1) is 22.7. The molecule has 166 valence electrons. The van der Waals surface area contributed by atoms with Crippen LogP contribution in [0.4, 0.5) is 14.6 Å². The number of benzene rings is 1. The summed E-state index contributed by atoms with van der Waals surface area (Å²) < 4.78 is 26.3. The van der Waals surface area contributed by atoms with Crippen molar-refractivity contribution in [1.82, 2.24) is 15.2 Å². The molecule has 0 aliphatic carbocycles.